The van der Waals surface area contributed by atoms with Gasteiger partial charge in [-0.05, 0) is 12.8 Å². The average Bonchev–Trinajstić information content (AvgIpc) is 3.33. The summed E-state index contributed by atoms with van der Waals surface area (Å²) >= 11 is 0. The predicted molar refractivity (Wildman–Crippen MR) is 221 cm³/mol. The first kappa shape index (κ1) is 60.8. The Morgan fingerprint density at radius 1 is 0.556 bits per heavy atom. The van der Waals surface area contributed by atoms with E-state index in [1.807, 2.05) is 0 Å². The number of hydrogen-bond donors (Lipinski definition) is 2. The van der Waals surface area contributed by atoms with Gasteiger partial charge in [0, 0.05) is 12.8 Å². The molecule has 4 unspecified atom stereocenters. The van der Waals surface area contributed by atoms with Crippen LogP contribution in [-0.4, -0.2) is 173 Å². The van der Waals surface area contributed by atoms with Crippen molar-refractivity contribution in [3.63, 3.8) is 0 Å². The van der Waals surface area contributed by atoms with E-state index in [9.17, 15) is 64.9 Å². The van der Waals surface area contributed by atoms with Crippen molar-refractivity contribution in [2.24, 2.45) is 10.8 Å². The molecule has 63 heavy (non-hydrogen) atoms. The van der Waals surface area contributed by atoms with Crippen LogP contribution in [0.3, 0.4) is 0 Å². The van der Waals surface area contributed by atoms with E-state index in [1.54, 1.807) is 0 Å². The van der Waals surface area contributed by atoms with Gasteiger partial charge in [-0.2, -0.15) is 0 Å². The topological polar surface area (TPSA) is 313 Å². The minimum absolute atomic E-state index is 0. The molecule has 0 bridgehead atoms. The number of carbonyl (C=O) groups is 6. The molecule has 4 atom stereocenters. The zero-order valence-electron chi connectivity index (χ0n) is 36.7. The fourth-order valence-corrected chi connectivity index (χ4v) is 7.36. The number of carbonyl (C=O) groups excluding carboxylic acids is 6. The molecule has 2 N–H and O–H groups in total. The number of cyclic esters (lactones) is 4. The first-order valence-electron chi connectivity index (χ1n) is 21.3. The summed E-state index contributed by atoms with van der Waals surface area (Å²) in [7, 11) is -10.3. The van der Waals surface area contributed by atoms with Crippen molar-refractivity contribution in [1.82, 2.24) is 0 Å². The van der Waals surface area contributed by atoms with Gasteiger partial charge in [-0.15, -0.1) is 0 Å². The van der Waals surface area contributed by atoms with Crippen molar-refractivity contribution in [1.29, 1.82) is 0 Å². The third-order valence-electron chi connectivity index (χ3n) is 10.3. The van der Waals surface area contributed by atoms with E-state index in [0.717, 1.165) is 38.5 Å². The molecule has 0 amide bonds. The summed E-state index contributed by atoms with van der Waals surface area (Å²) in [6.07, 6.45) is 15.5. The predicted octanol–water partition coefficient (Wildman–Crippen LogP) is 2.51. The Kier molecular flexibility index (Phi) is 31.4. The minimum Gasteiger partial charge on any atom is -0.747 e. The summed E-state index contributed by atoms with van der Waals surface area (Å²) < 4.78 is 97.0. The van der Waals surface area contributed by atoms with E-state index in [-0.39, 0.29) is 50.6 Å². The second kappa shape index (κ2) is 32.5. The summed E-state index contributed by atoms with van der Waals surface area (Å²) in [5.74, 6) is -6.03. The molecule has 2 heterocycles. The van der Waals surface area contributed by atoms with Crippen LogP contribution in [0.15, 0.2) is 0 Å². The number of rotatable bonds is 26. The summed E-state index contributed by atoms with van der Waals surface area (Å²) in [6, 6.07) is 0. The normalized spacial score (nSPS) is 22.3. The molecule has 0 aromatic rings. The fraction of sp³-hybridized carbons (Fsp3) is 0.850. The Morgan fingerprint density at radius 2 is 0.841 bits per heavy atom. The van der Waals surface area contributed by atoms with Crippen LogP contribution in [0.5, 0.6) is 0 Å². The monoisotopic (exact) mass is 970 g/mol. The van der Waals surface area contributed by atoms with Gasteiger partial charge in [-0.1, -0.05) is 104 Å². The van der Waals surface area contributed by atoms with Crippen LogP contribution in [-0.2, 0) is 77.4 Å². The standard InChI is InChI=1S/2C20H34O10S.Ca/c2*1-2-3-4-5-6-7-8-9-10-17(22)28-13-20(12-21)14-29-18(23)11-16(31(25,26)27)19(24)30-15-20;/h2*16,21H,2-15H2,1H3,(H,25,26,27);/q;;+2/p-2. The number of ether oxygens (including phenoxy) is 6. The minimum atomic E-state index is -5.13. The summed E-state index contributed by atoms with van der Waals surface area (Å²) in [5, 5.41) is 15.0. The number of unbranched alkanes of at least 4 members (excludes halogenated alkanes) is 14. The maximum Gasteiger partial charge on any atom is 2.00 e. The van der Waals surface area contributed by atoms with Crippen LogP contribution >= 0.6 is 0 Å². The van der Waals surface area contributed by atoms with Crippen LogP contribution < -0.4 is 0 Å². The maximum absolute atomic E-state index is 12.0. The second-order valence-corrected chi connectivity index (χ2v) is 19.1. The van der Waals surface area contributed by atoms with Gasteiger partial charge in [0.05, 0.1) is 36.9 Å². The third kappa shape index (κ3) is 25.9. The van der Waals surface area contributed by atoms with Crippen LogP contribution in [0.2, 0.25) is 0 Å². The van der Waals surface area contributed by atoms with Crippen molar-refractivity contribution < 1.29 is 93.3 Å². The van der Waals surface area contributed by atoms with Crippen LogP contribution in [0.1, 0.15) is 142 Å². The molecule has 0 radical (unpaired) electrons. The molecule has 23 heteroatoms. The van der Waals surface area contributed by atoms with Crippen molar-refractivity contribution in [3.05, 3.63) is 0 Å². The van der Waals surface area contributed by atoms with Gasteiger partial charge >= 0.3 is 73.6 Å². The number of esters is 6. The number of aliphatic hydroxyl groups is 2. The molecule has 2 fully saturated rings. The molecule has 2 aliphatic heterocycles. The summed E-state index contributed by atoms with van der Waals surface area (Å²) in [6.45, 7) is 0.126. The van der Waals surface area contributed by atoms with Gasteiger partial charge in [-0.25, -0.2) is 16.8 Å². The SMILES string of the molecule is CCCCCCCCCCC(=O)OCC1(CO)COC(=O)CC(S(=O)(=O)[O-])C(=O)OC1.CCCCCCCCCCC(=O)OCC1(CO)COC(=O)CC(S(=O)(=O)[O-])C(=O)OC1.[Ca+2]. The molecule has 0 aliphatic carbocycles. The van der Waals surface area contributed by atoms with E-state index >= 15 is 0 Å². The largest absolute Gasteiger partial charge is 2.00 e. The van der Waals surface area contributed by atoms with Gasteiger partial charge in [0.25, 0.3) is 0 Å². The number of hydrogen-bond acceptors (Lipinski definition) is 20. The average molecular weight is 971 g/mol. The molecule has 2 rings (SSSR count). The second-order valence-electron chi connectivity index (χ2n) is 16.0. The van der Waals surface area contributed by atoms with E-state index in [2.05, 4.69) is 13.8 Å². The van der Waals surface area contributed by atoms with Gasteiger partial charge in [0.1, 0.15) is 59.9 Å². The molecular weight excluding hydrogens is 905 g/mol. The molecular formula is C40H66CaO20S2. The van der Waals surface area contributed by atoms with Crippen molar-refractivity contribution in [3.8, 4) is 0 Å². The molecule has 0 spiro atoms. The van der Waals surface area contributed by atoms with E-state index in [1.165, 1.54) is 51.4 Å². The fourth-order valence-electron chi connectivity index (χ4n) is 6.07. The smallest absolute Gasteiger partial charge is 0.747 e. The zero-order chi connectivity index (χ0) is 46.7. The van der Waals surface area contributed by atoms with Gasteiger partial charge < -0.3 is 47.7 Å². The molecule has 0 aromatic carbocycles. The van der Waals surface area contributed by atoms with Crippen molar-refractivity contribution >= 4 is 93.8 Å². The van der Waals surface area contributed by atoms with Crippen LogP contribution in [0, 0.1) is 10.8 Å². The molecule has 360 valence electrons. The van der Waals surface area contributed by atoms with Gasteiger partial charge in [0.2, 0.25) is 0 Å². The van der Waals surface area contributed by atoms with Crippen LogP contribution in [0.4, 0.5) is 0 Å². The van der Waals surface area contributed by atoms with E-state index in [0.29, 0.717) is 12.8 Å². The quantitative estimate of drug-likeness (QED) is 0.0413. The Labute approximate surface area is 401 Å². The Hall–Kier alpha value is -2.18. The third-order valence-corrected chi connectivity index (χ3v) is 12.4. The van der Waals surface area contributed by atoms with Crippen molar-refractivity contribution in [2.75, 3.05) is 52.9 Å². The molecule has 2 aliphatic rings. The Bertz CT molecular complexity index is 1510. The maximum atomic E-state index is 12.0. The molecule has 0 aromatic heterocycles. The van der Waals surface area contributed by atoms with Crippen LogP contribution in [0.25, 0.3) is 0 Å². The Morgan fingerprint density at radius 3 is 1.13 bits per heavy atom. The van der Waals surface area contributed by atoms with E-state index in [4.69, 9.17) is 28.4 Å². The van der Waals surface area contributed by atoms with Crippen molar-refractivity contribution in [2.45, 2.75) is 153 Å². The molecule has 20 nitrogen and oxygen atoms in total. The first-order valence-corrected chi connectivity index (χ1v) is 24.3. The summed E-state index contributed by atoms with van der Waals surface area (Å²) in [4.78, 5) is 71.5. The molecule has 2 saturated heterocycles. The Balaban J connectivity index is 0.00000120. The zero-order valence-corrected chi connectivity index (χ0v) is 40.6. The summed E-state index contributed by atoms with van der Waals surface area (Å²) in [5.41, 5.74) is -2.89. The molecule has 0 saturated carbocycles. The number of aliphatic hydroxyl groups excluding tert-OH is 2. The van der Waals surface area contributed by atoms with E-state index < -0.39 is 143 Å². The van der Waals surface area contributed by atoms with Gasteiger partial charge in [0.15, 0.2) is 10.5 Å². The van der Waals surface area contributed by atoms with Gasteiger partial charge in [-0.3, -0.25) is 28.8 Å². The first-order chi connectivity index (χ1) is 29.3.